The van der Waals surface area contributed by atoms with Crippen molar-refractivity contribution in [2.75, 3.05) is 0 Å². The third-order valence-electron chi connectivity index (χ3n) is 2.88. The van der Waals surface area contributed by atoms with Crippen molar-refractivity contribution in [2.24, 2.45) is 17.1 Å². The molecule has 2 nitrogen and oxygen atoms in total. The van der Waals surface area contributed by atoms with Gasteiger partial charge in [-0.1, -0.05) is 0 Å². The Bertz CT molecular complexity index is 163. The minimum absolute atomic E-state index is 0.178. The summed E-state index contributed by atoms with van der Waals surface area (Å²) in [7, 11) is 0. The summed E-state index contributed by atoms with van der Waals surface area (Å²) in [6.45, 7) is 0. The zero-order chi connectivity index (χ0) is 6.48. The van der Waals surface area contributed by atoms with Crippen molar-refractivity contribution in [2.45, 2.75) is 25.3 Å². The van der Waals surface area contributed by atoms with Crippen LogP contribution in [0.2, 0.25) is 0 Å². The topological polar surface area (TPSA) is 49.8 Å². The minimum atomic E-state index is -0.178. The van der Waals surface area contributed by atoms with E-state index >= 15 is 0 Å². The van der Waals surface area contributed by atoms with Crippen LogP contribution in [-0.2, 0) is 0 Å². The van der Waals surface area contributed by atoms with Gasteiger partial charge < -0.3 is 5.73 Å². The van der Waals surface area contributed by atoms with Crippen molar-refractivity contribution in [1.82, 2.24) is 0 Å². The lowest BCUT2D eigenvalue weighted by atomic mass is 9.42. The lowest BCUT2D eigenvalue weighted by Gasteiger charge is -2.63. The summed E-state index contributed by atoms with van der Waals surface area (Å²) in [5, 5.41) is 8.49. The van der Waals surface area contributed by atoms with Gasteiger partial charge in [0.25, 0.3) is 0 Å². The monoisotopic (exact) mass is 122 g/mol. The minimum Gasteiger partial charge on any atom is -0.315 e. The smallest absolute Gasteiger partial charge is 0.0985 e. The van der Waals surface area contributed by atoms with Crippen molar-refractivity contribution in [3.05, 3.63) is 0 Å². The average molecular weight is 122 g/mol. The molecule has 0 amide bonds. The number of hydrogen-bond donors (Lipinski definition) is 1. The van der Waals surface area contributed by atoms with Crippen LogP contribution < -0.4 is 5.73 Å². The second kappa shape index (κ2) is 1.30. The Morgan fingerprint density at radius 1 is 1.56 bits per heavy atom. The molecule has 3 aliphatic carbocycles. The van der Waals surface area contributed by atoms with Crippen LogP contribution in [0.5, 0.6) is 0 Å². The van der Waals surface area contributed by atoms with Gasteiger partial charge in [-0.25, -0.2) is 0 Å². The van der Waals surface area contributed by atoms with Gasteiger partial charge in [0.2, 0.25) is 0 Å². The Labute approximate surface area is 54.6 Å². The second-order valence-electron chi connectivity index (χ2n) is 3.45. The highest BCUT2D eigenvalue weighted by atomic mass is 14.8. The summed E-state index contributed by atoms with van der Waals surface area (Å²) >= 11 is 0. The van der Waals surface area contributed by atoms with E-state index in [9.17, 15) is 0 Å². The highest BCUT2D eigenvalue weighted by Crippen LogP contribution is 2.65. The summed E-state index contributed by atoms with van der Waals surface area (Å²) in [5.41, 5.74) is 5.88. The molecular formula is C7H10N2. The van der Waals surface area contributed by atoms with Crippen LogP contribution in [0.1, 0.15) is 19.3 Å². The highest BCUT2D eigenvalue weighted by Gasteiger charge is 2.59. The van der Waals surface area contributed by atoms with Gasteiger partial charge in [-0.05, 0) is 30.6 Å². The fourth-order valence-corrected chi connectivity index (χ4v) is 2.06. The largest absolute Gasteiger partial charge is 0.315 e. The maximum atomic E-state index is 8.49. The third kappa shape index (κ3) is 0.439. The molecule has 0 radical (unpaired) electrons. The summed E-state index contributed by atoms with van der Waals surface area (Å²) in [4.78, 5) is 0. The van der Waals surface area contributed by atoms with E-state index in [4.69, 9.17) is 11.0 Å². The highest BCUT2D eigenvalue weighted by molar-refractivity contribution is 5.17. The summed E-state index contributed by atoms with van der Waals surface area (Å²) in [6.07, 6.45) is 3.67. The molecule has 0 aromatic rings. The molecule has 9 heavy (non-hydrogen) atoms. The average Bonchev–Trinajstić information content (AvgIpc) is 1.57. The number of nitrogens with two attached hydrogens (primary N) is 1. The summed E-state index contributed by atoms with van der Waals surface area (Å²) in [5.74, 6) is 0.935. The van der Waals surface area contributed by atoms with Crippen molar-refractivity contribution in [3.63, 3.8) is 0 Å². The molecule has 3 aliphatic rings. The Morgan fingerprint density at radius 2 is 2.11 bits per heavy atom. The molecule has 2 heteroatoms. The van der Waals surface area contributed by atoms with Crippen LogP contribution >= 0.6 is 0 Å². The maximum absolute atomic E-state index is 8.49. The predicted octanol–water partition coefficient (Wildman–Crippen LogP) is 0.637. The van der Waals surface area contributed by atoms with Crippen LogP contribution in [0, 0.1) is 22.7 Å². The fourth-order valence-electron chi connectivity index (χ4n) is 2.06. The molecule has 1 unspecified atom stereocenters. The van der Waals surface area contributed by atoms with Gasteiger partial charge in [0.15, 0.2) is 0 Å². The normalized spacial score (nSPS) is 48.2. The van der Waals surface area contributed by atoms with E-state index in [0.717, 1.165) is 5.92 Å². The molecule has 3 saturated carbocycles. The quantitative estimate of drug-likeness (QED) is 0.554. The van der Waals surface area contributed by atoms with Crippen LogP contribution in [0.4, 0.5) is 0 Å². The first-order valence-electron chi connectivity index (χ1n) is 3.42. The molecule has 0 aromatic heterocycles. The van der Waals surface area contributed by atoms with E-state index in [1.165, 1.54) is 19.3 Å². The SMILES string of the molecule is N#CC(N)C12CC(C1)C2. The zero-order valence-electron chi connectivity index (χ0n) is 5.30. The number of nitrogens with zero attached hydrogens (tertiary/aromatic N) is 1. The number of hydrogen-bond acceptors (Lipinski definition) is 2. The standard InChI is InChI=1S/C7H10N2/c8-4-6(9)7-1-5(2-7)3-7/h5-6H,1-3,9H2. The van der Waals surface area contributed by atoms with Crippen molar-refractivity contribution in [1.29, 1.82) is 5.26 Å². The third-order valence-corrected chi connectivity index (χ3v) is 2.88. The zero-order valence-corrected chi connectivity index (χ0v) is 5.30. The van der Waals surface area contributed by atoms with Gasteiger partial charge in [0.1, 0.15) is 0 Å². The molecule has 0 aromatic carbocycles. The Morgan fingerprint density at radius 3 is 2.22 bits per heavy atom. The molecule has 2 N–H and O–H groups in total. The fraction of sp³-hybridized carbons (Fsp3) is 0.857. The Balaban J connectivity index is 2.06. The molecular weight excluding hydrogens is 112 g/mol. The van der Waals surface area contributed by atoms with Crippen molar-refractivity contribution < 1.29 is 0 Å². The molecule has 48 valence electrons. The first kappa shape index (κ1) is 5.25. The van der Waals surface area contributed by atoms with E-state index in [0.29, 0.717) is 5.41 Å². The molecule has 3 fully saturated rings. The summed E-state index contributed by atoms with van der Waals surface area (Å²) in [6, 6.07) is 1.94. The molecule has 0 heterocycles. The van der Waals surface area contributed by atoms with Gasteiger partial charge in [-0.2, -0.15) is 5.26 Å². The summed E-state index contributed by atoms with van der Waals surface area (Å²) < 4.78 is 0. The van der Waals surface area contributed by atoms with E-state index in [1.54, 1.807) is 0 Å². The predicted molar refractivity (Wildman–Crippen MR) is 33.4 cm³/mol. The van der Waals surface area contributed by atoms with Gasteiger partial charge in [-0.3, -0.25) is 0 Å². The van der Waals surface area contributed by atoms with Gasteiger partial charge >= 0.3 is 0 Å². The van der Waals surface area contributed by atoms with Crippen LogP contribution in [-0.4, -0.2) is 6.04 Å². The maximum Gasteiger partial charge on any atom is 0.0985 e. The van der Waals surface area contributed by atoms with Crippen molar-refractivity contribution >= 4 is 0 Å². The van der Waals surface area contributed by atoms with E-state index in [2.05, 4.69) is 6.07 Å². The molecule has 0 spiro atoms. The first-order chi connectivity index (χ1) is 4.27. The lowest BCUT2D eigenvalue weighted by molar-refractivity contribution is -0.112. The van der Waals surface area contributed by atoms with Crippen LogP contribution in [0.15, 0.2) is 0 Å². The van der Waals surface area contributed by atoms with E-state index < -0.39 is 0 Å². The second-order valence-corrected chi connectivity index (χ2v) is 3.45. The lowest BCUT2D eigenvalue weighted by Crippen LogP contribution is -2.60. The number of rotatable bonds is 1. The van der Waals surface area contributed by atoms with E-state index in [-0.39, 0.29) is 6.04 Å². The molecule has 3 rings (SSSR count). The molecule has 2 bridgehead atoms. The Kier molecular flexibility index (Phi) is 0.758. The molecule has 0 saturated heterocycles. The van der Waals surface area contributed by atoms with Gasteiger partial charge in [0, 0.05) is 0 Å². The van der Waals surface area contributed by atoms with Crippen molar-refractivity contribution in [3.8, 4) is 6.07 Å². The van der Waals surface area contributed by atoms with Crippen LogP contribution in [0.25, 0.3) is 0 Å². The molecule has 1 atom stereocenters. The van der Waals surface area contributed by atoms with E-state index in [1.807, 2.05) is 0 Å². The Hall–Kier alpha value is -0.550. The van der Waals surface area contributed by atoms with Gasteiger partial charge in [-0.15, -0.1) is 0 Å². The van der Waals surface area contributed by atoms with Crippen LogP contribution in [0.3, 0.4) is 0 Å². The molecule has 0 aliphatic heterocycles. The first-order valence-corrected chi connectivity index (χ1v) is 3.42. The van der Waals surface area contributed by atoms with Gasteiger partial charge in [0.05, 0.1) is 12.1 Å². The number of nitriles is 1.